The Labute approximate surface area is 120 Å². The highest BCUT2D eigenvalue weighted by Crippen LogP contribution is 2.17. The lowest BCUT2D eigenvalue weighted by molar-refractivity contribution is -0.120. The number of nitrogens with one attached hydrogen (secondary N) is 3. The smallest absolute Gasteiger partial charge is 0.253 e. The van der Waals surface area contributed by atoms with E-state index < -0.39 is 0 Å². The van der Waals surface area contributed by atoms with E-state index in [2.05, 4.69) is 16.0 Å². The van der Waals surface area contributed by atoms with Gasteiger partial charge in [0.1, 0.15) is 0 Å². The summed E-state index contributed by atoms with van der Waals surface area (Å²) >= 11 is 0. The van der Waals surface area contributed by atoms with Crippen LogP contribution in [0.25, 0.3) is 0 Å². The summed E-state index contributed by atoms with van der Waals surface area (Å²) in [4.78, 5) is 23.5. The van der Waals surface area contributed by atoms with Gasteiger partial charge in [-0.25, -0.2) is 0 Å². The Bertz CT molecular complexity index is 472. The number of aryl methyl sites for hydroxylation is 1. The number of carbonyl (C=O) groups is 2. The second kappa shape index (κ2) is 8.19. The summed E-state index contributed by atoms with van der Waals surface area (Å²) < 4.78 is 0. The largest absolute Gasteiger partial charge is 0.385 e. The fraction of sp³-hybridized carbons (Fsp3) is 0.467. The molecule has 5 heteroatoms. The van der Waals surface area contributed by atoms with Crippen molar-refractivity contribution >= 4 is 17.5 Å². The van der Waals surface area contributed by atoms with Gasteiger partial charge in [-0.3, -0.25) is 9.59 Å². The van der Waals surface area contributed by atoms with E-state index in [1.54, 1.807) is 0 Å². The van der Waals surface area contributed by atoms with Gasteiger partial charge in [0, 0.05) is 31.7 Å². The minimum absolute atomic E-state index is 0.0519. The first-order valence-electron chi connectivity index (χ1n) is 6.97. The van der Waals surface area contributed by atoms with Crippen molar-refractivity contribution in [3.63, 3.8) is 0 Å². The first-order valence-corrected chi connectivity index (χ1v) is 6.97. The third-order valence-electron chi connectivity index (χ3n) is 2.80. The topological polar surface area (TPSA) is 70.2 Å². The van der Waals surface area contributed by atoms with Gasteiger partial charge in [-0.15, -0.1) is 0 Å². The molecule has 0 atom stereocenters. The van der Waals surface area contributed by atoms with Crippen LogP contribution in [0.15, 0.2) is 18.2 Å². The molecule has 0 unspecified atom stereocenters. The molecule has 0 aromatic heterocycles. The molecule has 0 saturated heterocycles. The fourth-order valence-corrected chi connectivity index (χ4v) is 1.86. The molecule has 0 bridgehead atoms. The van der Waals surface area contributed by atoms with Gasteiger partial charge in [-0.2, -0.15) is 0 Å². The number of hydrogen-bond acceptors (Lipinski definition) is 3. The predicted molar refractivity (Wildman–Crippen MR) is 81.0 cm³/mol. The van der Waals surface area contributed by atoms with E-state index in [0.717, 1.165) is 17.8 Å². The molecule has 5 nitrogen and oxygen atoms in total. The first kappa shape index (κ1) is 16.0. The molecule has 2 amide bonds. The highest BCUT2D eigenvalue weighted by Gasteiger charge is 2.11. The van der Waals surface area contributed by atoms with Crippen LogP contribution in [0.3, 0.4) is 0 Å². The van der Waals surface area contributed by atoms with Crippen LogP contribution in [0.4, 0.5) is 5.69 Å². The minimum atomic E-state index is -0.158. The van der Waals surface area contributed by atoms with Gasteiger partial charge in [0.05, 0.1) is 5.56 Å². The zero-order chi connectivity index (χ0) is 15.0. The molecule has 0 aliphatic rings. The molecule has 110 valence electrons. The molecule has 1 aromatic carbocycles. The molecule has 0 aliphatic carbocycles. The Kier molecular flexibility index (Phi) is 6.56. The Morgan fingerprint density at radius 2 is 1.85 bits per heavy atom. The lowest BCUT2D eigenvalue weighted by Gasteiger charge is -2.12. The SMILES string of the molecule is CCNC(=O)CCNC(=O)c1cc(C)ccc1NCC. The maximum Gasteiger partial charge on any atom is 0.253 e. The molecular weight excluding hydrogens is 254 g/mol. The highest BCUT2D eigenvalue weighted by atomic mass is 16.2. The zero-order valence-electron chi connectivity index (χ0n) is 12.4. The van der Waals surface area contributed by atoms with Crippen molar-refractivity contribution in [1.29, 1.82) is 0 Å². The average molecular weight is 277 g/mol. The monoisotopic (exact) mass is 277 g/mol. The normalized spacial score (nSPS) is 9.95. The molecule has 1 aromatic rings. The van der Waals surface area contributed by atoms with E-state index in [0.29, 0.717) is 25.1 Å². The summed E-state index contributed by atoms with van der Waals surface area (Å²) in [6.07, 6.45) is 0.294. The number of benzene rings is 1. The Balaban J connectivity index is 2.62. The van der Waals surface area contributed by atoms with E-state index in [1.165, 1.54) is 0 Å². The first-order chi connectivity index (χ1) is 9.58. The van der Waals surface area contributed by atoms with Gasteiger partial charge in [-0.05, 0) is 32.9 Å². The Morgan fingerprint density at radius 3 is 2.50 bits per heavy atom. The standard InChI is InChI=1S/C15H23N3O2/c1-4-16-13-7-6-11(3)10-12(13)15(20)18-9-8-14(19)17-5-2/h6-7,10,16H,4-5,8-9H2,1-3H3,(H,17,19)(H,18,20). The van der Waals surface area contributed by atoms with Crippen LogP contribution in [0, 0.1) is 6.92 Å². The molecule has 0 aliphatic heterocycles. The molecule has 0 radical (unpaired) electrons. The van der Waals surface area contributed by atoms with Crippen LogP contribution >= 0.6 is 0 Å². The zero-order valence-corrected chi connectivity index (χ0v) is 12.4. The van der Waals surface area contributed by atoms with Crippen LogP contribution in [-0.4, -0.2) is 31.4 Å². The molecule has 0 spiro atoms. The minimum Gasteiger partial charge on any atom is -0.385 e. The van der Waals surface area contributed by atoms with Crippen LogP contribution in [-0.2, 0) is 4.79 Å². The van der Waals surface area contributed by atoms with Crippen LogP contribution in [0.2, 0.25) is 0 Å². The summed E-state index contributed by atoms with van der Waals surface area (Å²) in [5, 5.41) is 8.64. The molecule has 20 heavy (non-hydrogen) atoms. The number of rotatable bonds is 7. The maximum atomic E-state index is 12.1. The lowest BCUT2D eigenvalue weighted by atomic mass is 10.1. The number of hydrogen-bond donors (Lipinski definition) is 3. The third-order valence-corrected chi connectivity index (χ3v) is 2.80. The lowest BCUT2D eigenvalue weighted by Crippen LogP contribution is -2.31. The fourth-order valence-electron chi connectivity index (χ4n) is 1.86. The van der Waals surface area contributed by atoms with E-state index in [9.17, 15) is 9.59 Å². The Morgan fingerprint density at radius 1 is 1.10 bits per heavy atom. The van der Waals surface area contributed by atoms with Crippen molar-refractivity contribution in [2.45, 2.75) is 27.2 Å². The van der Waals surface area contributed by atoms with E-state index in [4.69, 9.17) is 0 Å². The van der Waals surface area contributed by atoms with E-state index in [1.807, 2.05) is 39.0 Å². The van der Waals surface area contributed by atoms with Crippen LogP contribution in [0.5, 0.6) is 0 Å². The van der Waals surface area contributed by atoms with Crippen molar-refractivity contribution < 1.29 is 9.59 Å². The quantitative estimate of drug-likeness (QED) is 0.710. The average Bonchev–Trinajstić information content (AvgIpc) is 2.41. The van der Waals surface area contributed by atoms with Crippen molar-refractivity contribution in [3.05, 3.63) is 29.3 Å². The summed E-state index contributed by atoms with van der Waals surface area (Å²) in [5.41, 5.74) is 2.46. The van der Waals surface area contributed by atoms with Crippen molar-refractivity contribution in [1.82, 2.24) is 10.6 Å². The molecule has 1 rings (SSSR count). The highest BCUT2D eigenvalue weighted by molar-refractivity contribution is 6.00. The molecule has 0 fully saturated rings. The summed E-state index contributed by atoms with van der Waals surface area (Å²) in [5.74, 6) is -0.210. The van der Waals surface area contributed by atoms with Crippen LogP contribution < -0.4 is 16.0 Å². The van der Waals surface area contributed by atoms with Gasteiger partial charge in [-0.1, -0.05) is 11.6 Å². The van der Waals surface area contributed by atoms with E-state index >= 15 is 0 Å². The summed E-state index contributed by atoms with van der Waals surface area (Å²) in [6, 6.07) is 5.71. The van der Waals surface area contributed by atoms with Gasteiger partial charge in [0.2, 0.25) is 5.91 Å². The maximum absolute atomic E-state index is 12.1. The number of carbonyl (C=O) groups excluding carboxylic acids is 2. The molecule has 3 N–H and O–H groups in total. The van der Waals surface area contributed by atoms with Gasteiger partial charge in [0.15, 0.2) is 0 Å². The number of amides is 2. The second-order valence-electron chi connectivity index (χ2n) is 4.54. The molecular formula is C15H23N3O2. The Hall–Kier alpha value is -2.04. The van der Waals surface area contributed by atoms with Crippen molar-refractivity contribution in [3.8, 4) is 0 Å². The van der Waals surface area contributed by atoms with Gasteiger partial charge in [0.25, 0.3) is 5.91 Å². The summed E-state index contributed by atoms with van der Waals surface area (Å²) in [6.45, 7) is 7.49. The van der Waals surface area contributed by atoms with Crippen molar-refractivity contribution in [2.75, 3.05) is 25.0 Å². The molecule has 0 saturated carbocycles. The van der Waals surface area contributed by atoms with Gasteiger partial charge < -0.3 is 16.0 Å². The summed E-state index contributed by atoms with van der Waals surface area (Å²) in [7, 11) is 0. The number of anilines is 1. The van der Waals surface area contributed by atoms with Gasteiger partial charge >= 0.3 is 0 Å². The molecule has 0 heterocycles. The van der Waals surface area contributed by atoms with E-state index in [-0.39, 0.29) is 11.8 Å². The van der Waals surface area contributed by atoms with Crippen molar-refractivity contribution in [2.24, 2.45) is 0 Å². The third kappa shape index (κ3) is 4.91. The predicted octanol–water partition coefficient (Wildman–Crippen LogP) is 1.68. The second-order valence-corrected chi connectivity index (χ2v) is 4.54. The van der Waals surface area contributed by atoms with Crippen LogP contribution in [0.1, 0.15) is 36.2 Å².